The average Bonchev–Trinajstić information content (AvgIpc) is 3.47. The van der Waals surface area contributed by atoms with E-state index in [9.17, 15) is 9.18 Å². The summed E-state index contributed by atoms with van der Waals surface area (Å²) < 4.78 is 15.0. The number of carbonyl (C=O) groups is 1. The van der Waals surface area contributed by atoms with Crippen LogP contribution in [0.5, 0.6) is 0 Å². The number of hydrogen-bond donors (Lipinski definition) is 2. The second-order valence-electron chi connectivity index (χ2n) is 6.74. The molecule has 0 fully saturated rings. The van der Waals surface area contributed by atoms with Gasteiger partial charge in [-0.25, -0.2) is 18.9 Å². The highest BCUT2D eigenvalue weighted by atomic mass is 32.1. The van der Waals surface area contributed by atoms with E-state index in [1.807, 2.05) is 41.8 Å². The number of carbonyl (C=O) groups excluding carboxylic acids is 1. The van der Waals surface area contributed by atoms with Crippen LogP contribution in [0.3, 0.4) is 0 Å². The van der Waals surface area contributed by atoms with Gasteiger partial charge in [-0.1, -0.05) is 42.5 Å². The van der Waals surface area contributed by atoms with E-state index in [1.54, 1.807) is 34.5 Å². The minimum atomic E-state index is -0.337. The van der Waals surface area contributed by atoms with E-state index in [1.165, 1.54) is 18.5 Å². The molecule has 1 unspecified atom stereocenters. The van der Waals surface area contributed by atoms with Gasteiger partial charge < -0.3 is 10.6 Å². The third-order valence-electron chi connectivity index (χ3n) is 4.59. The van der Waals surface area contributed by atoms with Gasteiger partial charge in [0.05, 0.1) is 12.6 Å². The normalized spacial score (nSPS) is 11.8. The SMILES string of the molecule is O=C(NCc1ccc(Cn2cncn2)cc1)NC(c1ccc(F)cc1)c1cccs1. The summed E-state index contributed by atoms with van der Waals surface area (Å²) in [4.78, 5) is 17.4. The molecule has 2 aromatic carbocycles. The van der Waals surface area contributed by atoms with Gasteiger partial charge in [-0.05, 0) is 40.3 Å². The van der Waals surface area contributed by atoms with Crippen molar-refractivity contribution in [2.24, 2.45) is 0 Å². The van der Waals surface area contributed by atoms with Crippen molar-refractivity contribution in [3.63, 3.8) is 0 Å². The van der Waals surface area contributed by atoms with Crippen LogP contribution in [0.1, 0.15) is 27.6 Å². The Balaban J connectivity index is 1.36. The lowest BCUT2D eigenvalue weighted by molar-refractivity contribution is 0.238. The standard InChI is InChI=1S/C22H20FN5OS/c23-19-9-7-18(8-10-19)21(20-2-1-11-30-20)27-22(29)25-12-16-3-5-17(6-4-16)13-28-15-24-14-26-28/h1-11,14-15,21H,12-13H2,(H2,25,27,29). The van der Waals surface area contributed by atoms with Gasteiger partial charge in [0.2, 0.25) is 0 Å². The largest absolute Gasteiger partial charge is 0.334 e. The molecule has 0 bridgehead atoms. The molecule has 0 aliphatic rings. The summed E-state index contributed by atoms with van der Waals surface area (Å²) in [6.45, 7) is 1.05. The summed E-state index contributed by atoms with van der Waals surface area (Å²) in [6.07, 6.45) is 3.18. The molecular weight excluding hydrogens is 401 g/mol. The summed E-state index contributed by atoms with van der Waals surface area (Å²) in [5.74, 6) is -0.305. The zero-order valence-electron chi connectivity index (χ0n) is 16.0. The maximum atomic E-state index is 13.3. The molecule has 8 heteroatoms. The molecule has 6 nitrogen and oxygen atoms in total. The quantitative estimate of drug-likeness (QED) is 0.472. The topological polar surface area (TPSA) is 71.8 Å². The molecule has 0 saturated heterocycles. The van der Waals surface area contributed by atoms with Crippen LogP contribution in [0.4, 0.5) is 9.18 Å². The second-order valence-corrected chi connectivity index (χ2v) is 7.72. The number of halogens is 1. The molecule has 0 aliphatic heterocycles. The number of aromatic nitrogens is 3. The van der Waals surface area contributed by atoms with Crippen LogP contribution in [-0.4, -0.2) is 20.8 Å². The predicted molar refractivity (Wildman–Crippen MR) is 113 cm³/mol. The van der Waals surface area contributed by atoms with Crippen LogP contribution in [0.25, 0.3) is 0 Å². The van der Waals surface area contributed by atoms with Crippen LogP contribution in [0.2, 0.25) is 0 Å². The van der Waals surface area contributed by atoms with Crippen molar-refractivity contribution in [3.05, 3.63) is 106 Å². The minimum absolute atomic E-state index is 0.288. The fraction of sp³-hybridized carbons (Fsp3) is 0.136. The monoisotopic (exact) mass is 421 g/mol. The first kappa shape index (κ1) is 19.8. The molecule has 152 valence electrons. The number of hydrogen-bond acceptors (Lipinski definition) is 4. The smallest absolute Gasteiger partial charge is 0.315 e. The van der Waals surface area contributed by atoms with Crippen LogP contribution in [-0.2, 0) is 13.1 Å². The summed E-state index contributed by atoms with van der Waals surface area (Å²) >= 11 is 1.54. The Hall–Kier alpha value is -3.52. The van der Waals surface area contributed by atoms with Crippen molar-refractivity contribution < 1.29 is 9.18 Å². The first-order valence-corrected chi connectivity index (χ1v) is 10.3. The molecular formula is C22H20FN5OS. The van der Waals surface area contributed by atoms with Gasteiger partial charge in [-0.2, -0.15) is 5.10 Å². The number of nitrogens with one attached hydrogen (secondary N) is 2. The predicted octanol–water partition coefficient (Wildman–Crippen LogP) is 4.12. The Bertz CT molecular complexity index is 1060. The number of rotatable bonds is 7. The Morgan fingerprint density at radius 3 is 2.50 bits per heavy atom. The van der Waals surface area contributed by atoms with Gasteiger partial charge in [0, 0.05) is 11.4 Å². The van der Waals surface area contributed by atoms with Crippen LogP contribution in [0.15, 0.2) is 78.7 Å². The number of benzene rings is 2. The highest BCUT2D eigenvalue weighted by Gasteiger charge is 2.18. The lowest BCUT2D eigenvalue weighted by Crippen LogP contribution is -2.37. The van der Waals surface area contributed by atoms with Crippen molar-refractivity contribution in [1.29, 1.82) is 0 Å². The van der Waals surface area contributed by atoms with Crippen molar-refractivity contribution in [2.75, 3.05) is 0 Å². The maximum Gasteiger partial charge on any atom is 0.315 e. The molecule has 2 N–H and O–H groups in total. The molecule has 0 saturated carbocycles. The number of urea groups is 1. The molecule has 2 aromatic heterocycles. The Labute approximate surface area is 177 Å². The minimum Gasteiger partial charge on any atom is -0.334 e. The summed E-state index contributed by atoms with van der Waals surface area (Å²) in [5.41, 5.74) is 2.91. The van der Waals surface area contributed by atoms with Crippen molar-refractivity contribution in [2.45, 2.75) is 19.1 Å². The van der Waals surface area contributed by atoms with E-state index >= 15 is 0 Å². The highest BCUT2D eigenvalue weighted by Crippen LogP contribution is 2.26. The molecule has 2 heterocycles. The van der Waals surface area contributed by atoms with E-state index in [2.05, 4.69) is 20.7 Å². The van der Waals surface area contributed by atoms with Crippen molar-refractivity contribution >= 4 is 17.4 Å². The summed E-state index contributed by atoms with van der Waals surface area (Å²) in [7, 11) is 0. The Morgan fingerprint density at radius 2 is 1.83 bits per heavy atom. The van der Waals surface area contributed by atoms with E-state index in [4.69, 9.17) is 0 Å². The molecule has 1 atom stereocenters. The Kier molecular flexibility index (Phi) is 6.14. The lowest BCUT2D eigenvalue weighted by atomic mass is 10.1. The van der Waals surface area contributed by atoms with Gasteiger partial charge in [0.1, 0.15) is 18.5 Å². The number of thiophene rings is 1. The molecule has 2 amide bonds. The third kappa shape index (κ3) is 5.09. The van der Waals surface area contributed by atoms with Crippen LogP contribution >= 0.6 is 11.3 Å². The zero-order valence-corrected chi connectivity index (χ0v) is 16.8. The summed E-state index contributed by atoms with van der Waals surface area (Å²) in [6, 6.07) is 17.4. The van der Waals surface area contributed by atoms with Gasteiger partial charge in [-0.3, -0.25) is 0 Å². The third-order valence-corrected chi connectivity index (χ3v) is 5.53. The van der Waals surface area contributed by atoms with E-state index in [0.29, 0.717) is 13.1 Å². The molecule has 0 spiro atoms. The maximum absolute atomic E-state index is 13.3. The fourth-order valence-corrected chi connectivity index (χ4v) is 3.86. The average molecular weight is 422 g/mol. The van der Waals surface area contributed by atoms with Crippen LogP contribution in [0, 0.1) is 5.82 Å². The highest BCUT2D eigenvalue weighted by molar-refractivity contribution is 7.10. The second kappa shape index (κ2) is 9.32. The van der Waals surface area contributed by atoms with Gasteiger partial charge in [-0.15, -0.1) is 11.3 Å². The first-order valence-electron chi connectivity index (χ1n) is 9.41. The van der Waals surface area contributed by atoms with E-state index in [0.717, 1.165) is 21.6 Å². The van der Waals surface area contributed by atoms with Gasteiger partial charge >= 0.3 is 6.03 Å². The number of nitrogens with zero attached hydrogens (tertiary/aromatic N) is 3. The summed E-state index contributed by atoms with van der Waals surface area (Å²) in [5, 5.41) is 11.9. The van der Waals surface area contributed by atoms with Crippen molar-refractivity contribution in [3.8, 4) is 0 Å². The molecule has 30 heavy (non-hydrogen) atoms. The van der Waals surface area contributed by atoms with Crippen LogP contribution < -0.4 is 10.6 Å². The lowest BCUT2D eigenvalue weighted by Gasteiger charge is -2.18. The van der Waals surface area contributed by atoms with E-state index < -0.39 is 0 Å². The Morgan fingerprint density at radius 1 is 1.07 bits per heavy atom. The number of amides is 2. The van der Waals surface area contributed by atoms with Crippen molar-refractivity contribution in [1.82, 2.24) is 25.4 Å². The molecule has 0 radical (unpaired) electrons. The first-order chi connectivity index (χ1) is 14.7. The van der Waals surface area contributed by atoms with E-state index in [-0.39, 0.29) is 17.9 Å². The van der Waals surface area contributed by atoms with Gasteiger partial charge in [0.25, 0.3) is 0 Å². The molecule has 0 aliphatic carbocycles. The molecule has 4 aromatic rings. The zero-order chi connectivity index (χ0) is 20.8. The molecule has 4 rings (SSSR count). The van der Waals surface area contributed by atoms with Gasteiger partial charge in [0.15, 0.2) is 0 Å². The fourth-order valence-electron chi connectivity index (χ4n) is 3.06.